The number of carbonyl (C=O) groups is 1. The van der Waals surface area contributed by atoms with Crippen molar-refractivity contribution in [3.8, 4) is 5.75 Å². The van der Waals surface area contributed by atoms with Crippen LogP contribution >= 0.6 is 11.6 Å². The summed E-state index contributed by atoms with van der Waals surface area (Å²) in [4.78, 5) is 14.2. The summed E-state index contributed by atoms with van der Waals surface area (Å²) in [5.41, 5.74) is 2.64. The summed E-state index contributed by atoms with van der Waals surface area (Å²) in [6.45, 7) is 0.843. The molecule has 1 aliphatic heterocycles. The third kappa shape index (κ3) is 3.15. The monoisotopic (exact) mass is 313 g/mol. The number of rotatable bonds is 3. The molecule has 22 heavy (non-hydrogen) atoms. The van der Waals surface area contributed by atoms with Crippen LogP contribution in [0.5, 0.6) is 5.75 Å². The van der Waals surface area contributed by atoms with Gasteiger partial charge < -0.3 is 9.64 Å². The largest absolute Gasteiger partial charge is 0.488 e. The van der Waals surface area contributed by atoms with E-state index in [-0.39, 0.29) is 5.91 Å². The van der Waals surface area contributed by atoms with Crippen molar-refractivity contribution in [1.29, 1.82) is 0 Å². The van der Waals surface area contributed by atoms with E-state index in [4.69, 9.17) is 16.3 Å². The molecule has 0 aromatic heterocycles. The smallest absolute Gasteiger partial charge is 0.253 e. The fourth-order valence-electron chi connectivity index (χ4n) is 2.42. The molecule has 3 nitrogen and oxygen atoms in total. The molecule has 0 bridgehead atoms. The molecule has 0 aliphatic carbocycles. The van der Waals surface area contributed by atoms with E-state index in [1.807, 2.05) is 54.6 Å². The predicted molar refractivity (Wildman–Crippen MR) is 87.8 cm³/mol. The van der Waals surface area contributed by atoms with Gasteiger partial charge in [-0.25, -0.2) is 0 Å². The Morgan fingerprint density at radius 3 is 2.68 bits per heavy atom. The molecular formula is C18H16ClNO2. The van der Waals surface area contributed by atoms with Crippen molar-refractivity contribution in [2.45, 2.75) is 6.54 Å². The van der Waals surface area contributed by atoms with E-state index in [0.717, 1.165) is 16.9 Å². The van der Waals surface area contributed by atoms with Crippen molar-refractivity contribution in [3.05, 3.63) is 70.3 Å². The van der Waals surface area contributed by atoms with Gasteiger partial charge in [0.05, 0.1) is 5.57 Å². The average molecular weight is 314 g/mol. The first-order valence-electron chi connectivity index (χ1n) is 7.06. The number of nitrogens with zero attached hydrogens (tertiary/aromatic N) is 1. The molecule has 1 aliphatic rings. The Balaban J connectivity index is 1.74. The Morgan fingerprint density at radius 2 is 1.91 bits per heavy atom. The van der Waals surface area contributed by atoms with Gasteiger partial charge in [0.1, 0.15) is 12.4 Å². The van der Waals surface area contributed by atoms with Gasteiger partial charge >= 0.3 is 0 Å². The van der Waals surface area contributed by atoms with Gasteiger partial charge in [-0.1, -0.05) is 41.9 Å². The number of para-hydroxylation sites is 1. The number of hydrogen-bond acceptors (Lipinski definition) is 2. The van der Waals surface area contributed by atoms with Crippen molar-refractivity contribution in [2.24, 2.45) is 0 Å². The normalized spacial score (nSPS) is 12.9. The molecule has 2 aromatic carbocycles. The number of fused-ring (bicyclic) bond motifs is 1. The summed E-state index contributed by atoms with van der Waals surface area (Å²) in [5, 5.41) is 0.692. The lowest BCUT2D eigenvalue weighted by atomic mass is 10.1. The van der Waals surface area contributed by atoms with Crippen LogP contribution in [0.25, 0.3) is 6.08 Å². The average Bonchev–Trinajstić information content (AvgIpc) is 2.55. The Labute approximate surface area is 134 Å². The van der Waals surface area contributed by atoms with E-state index in [1.54, 1.807) is 11.9 Å². The third-order valence-corrected chi connectivity index (χ3v) is 3.84. The van der Waals surface area contributed by atoms with Crippen LogP contribution in [0.4, 0.5) is 0 Å². The number of ether oxygens (including phenoxy) is 1. The molecule has 1 amide bonds. The van der Waals surface area contributed by atoms with E-state index >= 15 is 0 Å². The van der Waals surface area contributed by atoms with Gasteiger partial charge in [-0.2, -0.15) is 0 Å². The number of likely N-dealkylation sites (N-methyl/N-ethyl adjacent to an activating group) is 1. The fraction of sp³-hybridized carbons (Fsp3) is 0.167. The SMILES string of the molecule is CN(Cc1ccc(Cl)cc1)C(=O)C1=Cc2ccccc2OC1. The van der Waals surface area contributed by atoms with Crippen LogP contribution in [0, 0.1) is 0 Å². The highest BCUT2D eigenvalue weighted by atomic mass is 35.5. The summed E-state index contributed by atoms with van der Waals surface area (Å²) >= 11 is 5.87. The molecule has 0 radical (unpaired) electrons. The van der Waals surface area contributed by atoms with Gasteiger partial charge in [-0.05, 0) is 29.8 Å². The highest BCUT2D eigenvalue weighted by Gasteiger charge is 2.20. The number of benzene rings is 2. The van der Waals surface area contributed by atoms with E-state index in [9.17, 15) is 4.79 Å². The minimum absolute atomic E-state index is 0.0237. The zero-order chi connectivity index (χ0) is 15.5. The fourth-order valence-corrected chi connectivity index (χ4v) is 2.55. The molecule has 0 unspecified atom stereocenters. The molecule has 0 N–H and O–H groups in total. The predicted octanol–water partition coefficient (Wildman–Crippen LogP) is 3.77. The highest BCUT2D eigenvalue weighted by molar-refractivity contribution is 6.30. The van der Waals surface area contributed by atoms with Crippen molar-refractivity contribution in [1.82, 2.24) is 4.90 Å². The molecule has 0 saturated heterocycles. The summed E-state index contributed by atoms with van der Waals surface area (Å²) in [6.07, 6.45) is 1.90. The van der Waals surface area contributed by atoms with Gasteiger partial charge in [0.2, 0.25) is 0 Å². The van der Waals surface area contributed by atoms with Gasteiger partial charge in [0.15, 0.2) is 0 Å². The maximum absolute atomic E-state index is 12.5. The minimum atomic E-state index is -0.0237. The van der Waals surface area contributed by atoms with E-state index < -0.39 is 0 Å². The zero-order valence-corrected chi connectivity index (χ0v) is 13.0. The Hall–Kier alpha value is -2.26. The Kier molecular flexibility index (Phi) is 4.16. The molecule has 0 atom stereocenters. The second-order valence-corrected chi connectivity index (χ2v) is 5.72. The van der Waals surface area contributed by atoms with Crippen LogP contribution in [-0.4, -0.2) is 24.5 Å². The number of carbonyl (C=O) groups excluding carboxylic acids is 1. The maximum atomic E-state index is 12.5. The molecule has 4 heteroatoms. The van der Waals surface area contributed by atoms with Gasteiger partial charge in [-0.15, -0.1) is 0 Å². The van der Waals surface area contributed by atoms with E-state index in [0.29, 0.717) is 23.7 Å². The lowest BCUT2D eigenvalue weighted by molar-refractivity contribution is -0.126. The van der Waals surface area contributed by atoms with Crippen molar-refractivity contribution < 1.29 is 9.53 Å². The van der Waals surface area contributed by atoms with Gasteiger partial charge in [0, 0.05) is 24.2 Å². The van der Waals surface area contributed by atoms with Crippen LogP contribution in [0.1, 0.15) is 11.1 Å². The molecular weight excluding hydrogens is 298 g/mol. The van der Waals surface area contributed by atoms with E-state index in [1.165, 1.54) is 0 Å². The summed E-state index contributed by atoms with van der Waals surface area (Å²) in [6, 6.07) is 15.2. The first-order chi connectivity index (χ1) is 10.6. The quantitative estimate of drug-likeness (QED) is 0.863. The maximum Gasteiger partial charge on any atom is 0.253 e. The minimum Gasteiger partial charge on any atom is -0.488 e. The number of hydrogen-bond donors (Lipinski definition) is 0. The van der Waals surface area contributed by atoms with E-state index in [2.05, 4.69) is 0 Å². The first-order valence-corrected chi connectivity index (χ1v) is 7.43. The van der Waals surface area contributed by atoms with Crippen LogP contribution in [0.15, 0.2) is 54.1 Å². The molecule has 3 rings (SSSR count). The summed E-state index contributed by atoms with van der Waals surface area (Å²) in [5.74, 6) is 0.795. The Bertz CT molecular complexity index is 722. The van der Waals surface area contributed by atoms with Crippen molar-refractivity contribution >= 4 is 23.6 Å². The number of halogens is 1. The molecule has 0 fully saturated rings. The first kappa shape index (κ1) is 14.7. The summed E-state index contributed by atoms with van der Waals surface area (Å²) in [7, 11) is 1.79. The van der Waals surface area contributed by atoms with Gasteiger partial charge in [-0.3, -0.25) is 4.79 Å². The third-order valence-electron chi connectivity index (χ3n) is 3.59. The standard InChI is InChI=1S/C18H16ClNO2/c1-20(11-13-6-8-16(19)9-7-13)18(21)15-10-14-4-2-3-5-17(14)22-12-15/h2-10H,11-12H2,1H3. The molecule has 2 aromatic rings. The van der Waals surface area contributed by atoms with Crippen molar-refractivity contribution in [3.63, 3.8) is 0 Å². The lowest BCUT2D eigenvalue weighted by Gasteiger charge is -2.22. The molecule has 112 valence electrons. The Morgan fingerprint density at radius 1 is 1.18 bits per heavy atom. The van der Waals surface area contributed by atoms with Crippen LogP contribution in [0.2, 0.25) is 5.02 Å². The van der Waals surface area contributed by atoms with Gasteiger partial charge in [0.25, 0.3) is 5.91 Å². The molecule has 1 heterocycles. The zero-order valence-electron chi connectivity index (χ0n) is 12.3. The summed E-state index contributed by atoms with van der Waals surface area (Å²) < 4.78 is 5.64. The molecule has 0 spiro atoms. The van der Waals surface area contributed by atoms with Crippen LogP contribution < -0.4 is 4.74 Å². The second-order valence-electron chi connectivity index (χ2n) is 5.28. The van der Waals surface area contributed by atoms with Crippen LogP contribution in [0.3, 0.4) is 0 Å². The molecule has 0 saturated carbocycles. The van der Waals surface area contributed by atoms with Crippen LogP contribution in [-0.2, 0) is 11.3 Å². The highest BCUT2D eigenvalue weighted by Crippen LogP contribution is 2.26. The number of amides is 1. The van der Waals surface area contributed by atoms with Crippen molar-refractivity contribution in [2.75, 3.05) is 13.7 Å². The second kappa shape index (κ2) is 6.24. The lowest BCUT2D eigenvalue weighted by Crippen LogP contribution is -2.30. The topological polar surface area (TPSA) is 29.5 Å².